The summed E-state index contributed by atoms with van der Waals surface area (Å²) < 4.78 is 27.9. The largest absolute Gasteiger partial charge is 0.327 e. The van der Waals surface area contributed by atoms with Crippen molar-refractivity contribution in [3.05, 3.63) is 25.0 Å². The van der Waals surface area contributed by atoms with Crippen LogP contribution >= 0.6 is 0 Å². The van der Waals surface area contributed by atoms with Gasteiger partial charge in [0.25, 0.3) is 0 Å². The van der Waals surface area contributed by atoms with E-state index in [-0.39, 0.29) is 11.3 Å². The fraction of sp³-hybridized carbons (Fsp3) is 0.550. The van der Waals surface area contributed by atoms with E-state index in [9.17, 15) is 13.7 Å². The lowest BCUT2D eigenvalue weighted by atomic mass is 9.83. The Hall–Kier alpha value is -2.88. The van der Waals surface area contributed by atoms with Crippen molar-refractivity contribution < 1.29 is 8.42 Å². The lowest BCUT2D eigenvalue weighted by molar-refractivity contribution is -0.0316. The van der Waals surface area contributed by atoms with Gasteiger partial charge < -0.3 is 4.57 Å². The molecule has 0 radical (unpaired) electrons. The van der Waals surface area contributed by atoms with Crippen LogP contribution in [0.2, 0.25) is 0 Å². The molecule has 168 valence electrons. The number of sulfonamides is 1. The number of aromatic amines is 1. The molecule has 5 rings (SSSR count). The third kappa shape index (κ3) is 3.46. The molecule has 0 atom stereocenters. The predicted molar refractivity (Wildman–Crippen MR) is 117 cm³/mol. The van der Waals surface area contributed by atoms with E-state index in [1.165, 1.54) is 6.33 Å². The normalized spacial score (nSPS) is 20.2. The number of aromatic nitrogens is 6. The lowest BCUT2D eigenvalue weighted by Crippen LogP contribution is -2.66. The zero-order valence-corrected chi connectivity index (χ0v) is 18.7. The monoisotopic (exact) mass is 455 g/mol. The average Bonchev–Trinajstić information content (AvgIpc) is 3.46. The van der Waals surface area contributed by atoms with Gasteiger partial charge >= 0.3 is 0 Å². The summed E-state index contributed by atoms with van der Waals surface area (Å²) in [7, 11) is -3.13. The van der Waals surface area contributed by atoms with Crippen LogP contribution in [0.25, 0.3) is 22.4 Å². The molecule has 5 heterocycles. The number of hydrogen-bond acceptors (Lipinski definition) is 8. The van der Waals surface area contributed by atoms with Crippen LogP contribution < -0.4 is 0 Å². The van der Waals surface area contributed by atoms with Crippen molar-refractivity contribution >= 4 is 21.1 Å². The molecule has 1 N–H and O–H groups in total. The van der Waals surface area contributed by atoms with Gasteiger partial charge in [0.1, 0.15) is 17.7 Å². The number of H-pyrrole nitrogens is 1. The zero-order chi connectivity index (χ0) is 22.3. The molecule has 0 bridgehead atoms. The molecule has 3 aromatic heterocycles. The highest BCUT2D eigenvalue weighted by Gasteiger charge is 2.47. The minimum absolute atomic E-state index is 0.146. The highest BCUT2D eigenvalue weighted by molar-refractivity contribution is 7.89. The minimum Gasteiger partial charge on any atom is -0.327 e. The molecule has 2 fully saturated rings. The van der Waals surface area contributed by atoms with Gasteiger partial charge in [-0.2, -0.15) is 10.4 Å². The van der Waals surface area contributed by atoms with E-state index in [1.807, 2.05) is 10.8 Å². The molecule has 11 nitrogen and oxygen atoms in total. The van der Waals surface area contributed by atoms with Crippen LogP contribution in [0.3, 0.4) is 0 Å². The van der Waals surface area contributed by atoms with Crippen LogP contribution in [0.4, 0.5) is 0 Å². The Balaban J connectivity index is 1.31. The summed E-state index contributed by atoms with van der Waals surface area (Å²) in [6, 6.07) is 2.67. The van der Waals surface area contributed by atoms with Crippen molar-refractivity contribution in [1.29, 1.82) is 5.26 Å². The average molecular weight is 456 g/mol. The van der Waals surface area contributed by atoms with Crippen molar-refractivity contribution in [2.75, 3.05) is 31.9 Å². The van der Waals surface area contributed by atoms with Gasteiger partial charge in [0.2, 0.25) is 10.0 Å². The first-order valence-corrected chi connectivity index (χ1v) is 12.3. The number of rotatable bonds is 6. The molecule has 32 heavy (non-hydrogen) atoms. The van der Waals surface area contributed by atoms with Crippen LogP contribution in [-0.4, -0.2) is 85.3 Å². The number of imidazole rings is 1. The Morgan fingerprint density at radius 2 is 2.03 bits per heavy atom. The van der Waals surface area contributed by atoms with Crippen LogP contribution in [0, 0.1) is 11.3 Å². The maximum Gasteiger partial charge on any atom is 0.213 e. The number of fused-ring (bicyclic) bond motifs is 1. The standard InChI is InChI=1S/C20H25N9O2S/c1-2-32(30,31)29-7-3-15(4-8-29)27-11-20(12-27,5-6-21)28-10-17(24-14-28)18-16-9-25-26-19(16)23-13-22-18/h9-10,13-15H,2-5,7-8,11-12H2,1H3,(H,22,23,25,26). The van der Waals surface area contributed by atoms with E-state index in [2.05, 4.69) is 36.1 Å². The van der Waals surface area contributed by atoms with E-state index in [4.69, 9.17) is 0 Å². The Kier molecular flexibility index (Phi) is 5.19. The molecular weight excluding hydrogens is 430 g/mol. The van der Waals surface area contributed by atoms with Gasteiger partial charge in [-0.3, -0.25) is 10.00 Å². The first-order chi connectivity index (χ1) is 15.5. The number of nitriles is 1. The van der Waals surface area contributed by atoms with E-state index < -0.39 is 10.0 Å². The van der Waals surface area contributed by atoms with Gasteiger partial charge in [0, 0.05) is 38.4 Å². The van der Waals surface area contributed by atoms with Crippen LogP contribution in [0.1, 0.15) is 26.2 Å². The maximum absolute atomic E-state index is 12.1. The molecule has 0 saturated carbocycles. The Labute approximate surface area is 186 Å². The summed E-state index contributed by atoms with van der Waals surface area (Å²) in [5.74, 6) is 0.146. The summed E-state index contributed by atoms with van der Waals surface area (Å²) in [6.45, 7) is 4.29. The van der Waals surface area contributed by atoms with Crippen LogP contribution in [0.5, 0.6) is 0 Å². The highest BCUT2D eigenvalue weighted by Crippen LogP contribution is 2.37. The van der Waals surface area contributed by atoms with E-state index >= 15 is 0 Å². The van der Waals surface area contributed by atoms with Crippen LogP contribution in [-0.2, 0) is 15.6 Å². The SMILES string of the molecule is CCS(=O)(=O)N1CCC(N2CC(CC#N)(n3cnc(-c4ncnc5[nH]ncc45)c3)C2)CC1. The van der Waals surface area contributed by atoms with Gasteiger partial charge in [-0.25, -0.2) is 27.7 Å². The van der Waals surface area contributed by atoms with Crippen molar-refractivity contribution in [3.63, 3.8) is 0 Å². The first kappa shape index (κ1) is 21.0. The number of nitrogens with one attached hydrogen (secondary N) is 1. The molecule has 0 aromatic carbocycles. The fourth-order valence-corrected chi connectivity index (χ4v) is 5.96. The molecule has 0 aliphatic carbocycles. The molecule has 12 heteroatoms. The third-order valence-corrected chi connectivity index (χ3v) is 8.60. The molecule has 2 aliphatic rings. The van der Waals surface area contributed by atoms with E-state index in [1.54, 1.807) is 23.8 Å². The topological polar surface area (TPSA) is 137 Å². The molecule has 0 unspecified atom stereocenters. The van der Waals surface area contributed by atoms with Gasteiger partial charge in [0.15, 0.2) is 5.65 Å². The van der Waals surface area contributed by atoms with Gasteiger partial charge in [-0.05, 0) is 19.8 Å². The summed E-state index contributed by atoms with van der Waals surface area (Å²) in [5.41, 5.74) is 1.74. The van der Waals surface area contributed by atoms with Gasteiger partial charge in [-0.1, -0.05) is 0 Å². The maximum atomic E-state index is 12.1. The summed E-state index contributed by atoms with van der Waals surface area (Å²) in [6.07, 6.45) is 8.90. The van der Waals surface area contributed by atoms with Crippen molar-refractivity contribution in [2.45, 2.75) is 37.8 Å². The molecular formula is C20H25N9O2S. The molecule has 2 aliphatic heterocycles. The second-order valence-corrected chi connectivity index (χ2v) is 10.8. The quantitative estimate of drug-likeness (QED) is 0.580. The Bertz CT molecular complexity index is 1260. The smallest absolute Gasteiger partial charge is 0.213 e. The van der Waals surface area contributed by atoms with E-state index in [0.29, 0.717) is 42.6 Å². The number of hydrogen-bond donors (Lipinski definition) is 1. The number of likely N-dealkylation sites (tertiary alicyclic amines) is 1. The molecule has 0 amide bonds. The van der Waals surface area contributed by atoms with Gasteiger partial charge in [0.05, 0.1) is 41.7 Å². The molecule has 0 spiro atoms. The van der Waals surface area contributed by atoms with Crippen molar-refractivity contribution in [3.8, 4) is 17.5 Å². The molecule has 3 aromatic rings. The van der Waals surface area contributed by atoms with E-state index in [0.717, 1.165) is 31.3 Å². The third-order valence-electron chi connectivity index (χ3n) is 6.72. The predicted octanol–water partition coefficient (Wildman–Crippen LogP) is 0.955. The second-order valence-electron chi connectivity index (χ2n) is 8.52. The van der Waals surface area contributed by atoms with Crippen LogP contribution in [0.15, 0.2) is 25.0 Å². The Morgan fingerprint density at radius 3 is 2.75 bits per heavy atom. The highest BCUT2D eigenvalue weighted by atomic mass is 32.2. The summed E-state index contributed by atoms with van der Waals surface area (Å²) in [5, 5.41) is 17.2. The molecule has 2 saturated heterocycles. The van der Waals surface area contributed by atoms with Crippen molar-refractivity contribution in [2.24, 2.45) is 0 Å². The summed E-state index contributed by atoms with van der Waals surface area (Å²) >= 11 is 0. The minimum atomic E-state index is -3.13. The Morgan fingerprint density at radius 1 is 1.25 bits per heavy atom. The summed E-state index contributed by atoms with van der Waals surface area (Å²) in [4.78, 5) is 15.5. The second kappa shape index (κ2) is 7.91. The first-order valence-electron chi connectivity index (χ1n) is 10.7. The van der Waals surface area contributed by atoms with Crippen molar-refractivity contribution in [1.82, 2.24) is 38.9 Å². The lowest BCUT2D eigenvalue weighted by Gasteiger charge is -2.54. The fourth-order valence-electron chi connectivity index (χ4n) is 4.82. The number of nitrogens with zero attached hydrogens (tertiary/aromatic N) is 8. The zero-order valence-electron chi connectivity index (χ0n) is 17.8. The number of piperidine rings is 1. The van der Waals surface area contributed by atoms with Gasteiger partial charge in [-0.15, -0.1) is 0 Å².